The summed E-state index contributed by atoms with van der Waals surface area (Å²) in [5.41, 5.74) is -0.510. The van der Waals surface area contributed by atoms with Crippen LogP contribution in [-0.4, -0.2) is 105 Å². The molecular formula is C37H52BrN3O7. The van der Waals surface area contributed by atoms with Crippen LogP contribution in [0.2, 0.25) is 0 Å². The topological polar surface area (TPSA) is 117 Å². The predicted molar refractivity (Wildman–Crippen MR) is 187 cm³/mol. The number of nitrogens with zero attached hydrogens (tertiary/aromatic N) is 3. The standard InChI is InChI=1S/C37H52BrN3O7/c1-7-10-19-28(43)39(6)25(5)31(26-17-12-11-13-18-26)47-36(46)29-30-34(44)41(21-14-15-22-42)33(37(30)23-27(38)32(29)48-37)35(45)40(20-9-3)24(4)16-8-2/h7,9,11-13,17-18,24-25,27,29-33,42H,1,3,8,10,14-16,19-23H2,2,4-6H3/t24?,25-,27?,29+,30-,31+,32+,33+,37-/m0/s1. The number of esters is 1. The molecule has 0 aliphatic carbocycles. The van der Waals surface area contributed by atoms with Gasteiger partial charge in [0.25, 0.3) is 0 Å². The molecule has 0 aromatic heterocycles. The van der Waals surface area contributed by atoms with Crippen molar-refractivity contribution in [3.63, 3.8) is 0 Å². The average Bonchev–Trinajstić information content (AvgIpc) is 3.67. The zero-order chi connectivity index (χ0) is 35.2. The van der Waals surface area contributed by atoms with Gasteiger partial charge in [-0.15, -0.1) is 13.2 Å². The minimum atomic E-state index is -1.23. The van der Waals surface area contributed by atoms with E-state index in [0.29, 0.717) is 32.2 Å². The van der Waals surface area contributed by atoms with Gasteiger partial charge < -0.3 is 29.3 Å². The van der Waals surface area contributed by atoms with Crippen LogP contribution >= 0.6 is 15.9 Å². The fourth-order valence-corrected chi connectivity index (χ4v) is 8.74. The van der Waals surface area contributed by atoms with Crippen molar-refractivity contribution in [1.29, 1.82) is 0 Å². The first kappa shape index (κ1) is 37.8. The van der Waals surface area contributed by atoms with E-state index in [9.17, 15) is 24.3 Å². The predicted octanol–water partition coefficient (Wildman–Crippen LogP) is 4.81. The van der Waals surface area contributed by atoms with E-state index in [2.05, 4.69) is 36.0 Å². The van der Waals surface area contributed by atoms with Crippen molar-refractivity contribution in [2.45, 2.75) is 106 Å². The van der Waals surface area contributed by atoms with E-state index in [0.717, 1.165) is 18.4 Å². The van der Waals surface area contributed by atoms with Crippen molar-refractivity contribution in [3.8, 4) is 0 Å². The maximum Gasteiger partial charge on any atom is 0.313 e. The number of amides is 3. The lowest BCUT2D eigenvalue weighted by molar-refractivity contribution is -0.164. The summed E-state index contributed by atoms with van der Waals surface area (Å²) in [5.74, 6) is -3.11. The molecule has 3 aliphatic rings. The Balaban J connectivity index is 1.71. The summed E-state index contributed by atoms with van der Waals surface area (Å²) in [6, 6.07) is 7.73. The second kappa shape index (κ2) is 16.6. The fourth-order valence-electron chi connectivity index (χ4n) is 7.79. The Kier molecular flexibility index (Phi) is 13.1. The maximum atomic E-state index is 14.6. The summed E-state index contributed by atoms with van der Waals surface area (Å²) < 4.78 is 13.0. The molecule has 2 bridgehead atoms. The van der Waals surface area contributed by atoms with E-state index < -0.39 is 47.7 Å². The van der Waals surface area contributed by atoms with Crippen molar-refractivity contribution >= 4 is 39.6 Å². The number of fused-ring (bicyclic) bond motifs is 1. The Morgan fingerprint density at radius 3 is 2.52 bits per heavy atom. The molecule has 3 aliphatic heterocycles. The van der Waals surface area contributed by atoms with Gasteiger partial charge in [-0.1, -0.05) is 71.8 Å². The van der Waals surface area contributed by atoms with Gasteiger partial charge in [-0.3, -0.25) is 19.2 Å². The molecule has 0 radical (unpaired) electrons. The number of alkyl halides is 1. The number of likely N-dealkylation sites (tertiary alicyclic amines) is 1. The molecule has 4 rings (SSSR count). The molecule has 1 aromatic carbocycles. The van der Waals surface area contributed by atoms with Gasteiger partial charge >= 0.3 is 5.97 Å². The Bertz CT molecular complexity index is 1330. The summed E-state index contributed by atoms with van der Waals surface area (Å²) in [5, 5.41) is 9.51. The van der Waals surface area contributed by atoms with Crippen LogP contribution in [0.1, 0.15) is 77.4 Å². The zero-order valence-corrected chi connectivity index (χ0v) is 30.3. The first-order valence-corrected chi connectivity index (χ1v) is 18.2. The number of hydrogen-bond acceptors (Lipinski definition) is 7. The number of carbonyl (C=O) groups is 4. The van der Waals surface area contributed by atoms with Gasteiger partial charge in [-0.05, 0) is 51.5 Å². The van der Waals surface area contributed by atoms with Gasteiger partial charge in [0.2, 0.25) is 17.7 Å². The summed E-state index contributed by atoms with van der Waals surface area (Å²) in [7, 11) is 1.69. The van der Waals surface area contributed by atoms with E-state index in [1.807, 2.05) is 44.2 Å². The van der Waals surface area contributed by atoms with Gasteiger partial charge in [-0.25, -0.2) is 0 Å². The van der Waals surface area contributed by atoms with Crippen LogP contribution in [0.3, 0.4) is 0 Å². The fraction of sp³-hybridized carbons (Fsp3) is 0.622. The van der Waals surface area contributed by atoms with E-state index in [-0.39, 0.29) is 48.2 Å². The van der Waals surface area contributed by atoms with Crippen LogP contribution in [0.4, 0.5) is 0 Å². The minimum Gasteiger partial charge on any atom is -0.455 e. The number of aliphatic hydroxyl groups is 1. The molecule has 2 unspecified atom stereocenters. The van der Waals surface area contributed by atoms with E-state index >= 15 is 0 Å². The van der Waals surface area contributed by atoms with E-state index in [1.54, 1.807) is 33.9 Å². The number of unbranched alkanes of at least 4 members (excludes halogenated alkanes) is 1. The van der Waals surface area contributed by atoms with Crippen molar-refractivity contribution < 1.29 is 33.8 Å². The van der Waals surface area contributed by atoms with Crippen LogP contribution in [0.25, 0.3) is 0 Å². The monoisotopic (exact) mass is 729 g/mol. The average molecular weight is 731 g/mol. The van der Waals surface area contributed by atoms with Crippen LogP contribution in [0, 0.1) is 11.8 Å². The second-order valence-corrected chi connectivity index (χ2v) is 14.6. The molecule has 0 saturated carbocycles. The number of likely N-dealkylation sites (N-methyl/N-ethyl adjacent to an activating group) is 1. The van der Waals surface area contributed by atoms with Crippen molar-refractivity contribution in [2.24, 2.45) is 11.8 Å². The van der Waals surface area contributed by atoms with E-state index in [4.69, 9.17) is 9.47 Å². The molecule has 48 heavy (non-hydrogen) atoms. The molecule has 1 N–H and O–H groups in total. The number of rotatable bonds is 18. The number of benzene rings is 1. The number of halogens is 1. The lowest BCUT2D eigenvalue weighted by atomic mass is 9.70. The number of aliphatic hydroxyl groups excluding tert-OH is 1. The highest BCUT2D eigenvalue weighted by Crippen LogP contribution is 2.60. The SMILES string of the molecule is C=CCCC(=O)N(C)[C@@H](C)[C@@H](OC(=O)[C@H]1[C@@H]2O[C@@]3(CC2Br)[C@@H]1C(=O)N(CCCCO)[C@@H]3C(=O)N(CC=C)C(C)CCC)c1ccccc1. The molecular weight excluding hydrogens is 678 g/mol. The lowest BCUT2D eigenvalue weighted by Gasteiger charge is -2.39. The summed E-state index contributed by atoms with van der Waals surface area (Å²) in [6.45, 7) is 14.0. The molecule has 3 heterocycles. The van der Waals surface area contributed by atoms with Gasteiger partial charge in [0.1, 0.15) is 17.7 Å². The molecule has 3 fully saturated rings. The Morgan fingerprint density at radius 1 is 1.19 bits per heavy atom. The number of ether oxygens (including phenoxy) is 2. The smallest absolute Gasteiger partial charge is 0.313 e. The summed E-state index contributed by atoms with van der Waals surface area (Å²) >= 11 is 3.75. The molecule has 1 spiro atoms. The van der Waals surface area contributed by atoms with Crippen molar-refractivity contribution in [1.82, 2.24) is 14.7 Å². The molecule has 264 valence electrons. The first-order chi connectivity index (χ1) is 23.0. The van der Waals surface area contributed by atoms with Crippen molar-refractivity contribution in [2.75, 3.05) is 26.7 Å². The molecule has 9 atom stereocenters. The van der Waals surface area contributed by atoms with Crippen LogP contribution < -0.4 is 0 Å². The third kappa shape index (κ3) is 7.28. The number of carbonyl (C=O) groups excluding carboxylic acids is 4. The normalized spacial score (nSPS) is 27.6. The summed E-state index contributed by atoms with van der Waals surface area (Å²) in [6.07, 6.45) is 5.71. The first-order valence-electron chi connectivity index (χ1n) is 17.3. The molecule has 3 saturated heterocycles. The molecule has 1 aromatic rings. The van der Waals surface area contributed by atoms with Gasteiger partial charge in [-0.2, -0.15) is 0 Å². The number of allylic oxidation sites excluding steroid dienone is 1. The maximum absolute atomic E-state index is 14.6. The quantitative estimate of drug-likeness (QED) is 0.0999. The Labute approximate surface area is 293 Å². The number of hydrogen-bond donors (Lipinski definition) is 1. The van der Waals surface area contributed by atoms with Crippen molar-refractivity contribution in [3.05, 3.63) is 61.2 Å². The zero-order valence-electron chi connectivity index (χ0n) is 28.8. The minimum absolute atomic E-state index is 0.0358. The van der Waals surface area contributed by atoms with Gasteiger partial charge in [0, 0.05) is 44.0 Å². The summed E-state index contributed by atoms with van der Waals surface area (Å²) in [4.78, 5) is 61.2. The Morgan fingerprint density at radius 2 is 1.90 bits per heavy atom. The van der Waals surface area contributed by atoms with Crippen LogP contribution in [-0.2, 0) is 28.7 Å². The molecule has 10 nitrogen and oxygen atoms in total. The van der Waals surface area contributed by atoms with Crippen LogP contribution in [0.15, 0.2) is 55.6 Å². The highest BCUT2D eigenvalue weighted by molar-refractivity contribution is 9.09. The Hall–Kier alpha value is -3.02. The molecule has 3 amide bonds. The lowest BCUT2D eigenvalue weighted by Crippen LogP contribution is -2.58. The van der Waals surface area contributed by atoms with E-state index in [1.165, 1.54) is 0 Å². The highest BCUT2D eigenvalue weighted by atomic mass is 79.9. The van der Waals surface area contributed by atoms with Gasteiger partial charge in [0.15, 0.2) is 0 Å². The van der Waals surface area contributed by atoms with Gasteiger partial charge in [0.05, 0.1) is 24.0 Å². The van der Waals surface area contributed by atoms with Crippen LogP contribution in [0.5, 0.6) is 0 Å². The molecule has 11 heteroatoms. The largest absolute Gasteiger partial charge is 0.455 e. The third-order valence-electron chi connectivity index (χ3n) is 10.3. The third-order valence-corrected chi connectivity index (χ3v) is 11.2. The second-order valence-electron chi connectivity index (χ2n) is 13.4. The highest BCUT2D eigenvalue weighted by Gasteiger charge is 2.77.